The van der Waals surface area contributed by atoms with Crippen molar-refractivity contribution in [2.24, 2.45) is 4.99 Å². The van der Waals surface area contributed by atoms with Crippen molar-refractivity contribution < 1.29 is 23.7 Å². The van der Waals surface area contributed by atoms with Crippen molar-refractivity contribution in [1.82, 2.24) is 10.6 Å². The van der Waals surface area contributed by atoms with Crippen LogP contribution in [0.25, 0.3) is 0 Å². The number of halogens is 1. The molecule has 2 N–H and O–H groups in total. The Morgan fingerprint density at radius 3 is 1.77 bits per heavy atom. The summed E-state index contributed by atoms with van der Waals surface area (Å²) in [6.45, 7) is 0.986. The van der Waals surface area contributed by atoms with Gasteiger partial charge in [0.1, 0.15) is 28.7 Å². The van der Waals surface area contributed by atoms with Gasteiger partial charge in [-0.25, -0.2) is 0 Å². The van der Waals surface area contributed by atoms with Crippen LogP contribution in [-0.2, 0) is 13.1 Å². The molecule has 0 bridgehead atoms. The zero-order chi connectivity index (χ0) is 21.2. The SMILES string of the molecule is CN=C(NCc1ccc(OC)cc1OC)NCc1c(OC)cc(OC)cc1OC.I. The van der Waals surface area contributed by atoms with Gasteiger partial charge in [0.25, 0.3) is 0 Å². The first kappa shape index (κ1) is 25.5. The average Bonchev–Trinajstić information content (AvgIpc) is 2.78. The summed E-state index contributed by atoms with van der Waals surface area (Å²) in [7, 11) is 9.80. The largest absolute Gasteiger partial charge is 0.497 e. The number of rotatable bonds is 9. The van der Waals surface area contributed by atoms with Crippen LogP contribution in [0, 0.1) is 0 Å². The summed E-state index contributed by atoms with van der Waals surface area (Å²) < 4.78 is 26.9. The molecule has 0 unspecified atom stereocenters. The lowest BCUT2D eigenvalue weighted by atomic mass is 10.1. The van der Waals surface area contributed by atoms with E-state index >= 15 is 0 Å². The first-order valence-electron chi connectivity index (χ1n) is 9.04. The average molecular weight is 531 g/mol. The fourth-order valence-corrected chi connectivity index (χ4v) is 2.82. The Morgan fingerprint density at radius 1 is 0.733 bits per heavy atom. The van der Waals surface area contributed by atoms with Gasteiger partial charge in [-0.05, 0) is 12.1 Å². The van der Waals surface area contributed by atoms with Crippen molar-refractivity contribution in [3.05, 3.63) is 41.5 Å². The topological polar surface area (TPSA) is 82.6 Å². The molecular formula is C21H30IN3O5. The summed E-state index contributed by atoms with van der Waals surface area (Å²) in [5.41, 5.74) is 1.84. The summed E-state index contributed by atoms with van der Waals surface area (Å²) in [5, 5.41) is 6.55. The molecule has 0 amide bonds. The van der Waals surface area contributed by atoms with Crippen molar-refractivity contribution in [2.75, 3.05) is 42.6 Å². The molecule has 166 valence electrons. The Labute approximate surface area is 194 Å². The van der Waals surface area contributed by atoms with E-state index in [1.807, 2.05) is 30.3 Å². The maximum Gasteiger partial charge on any atom is 0.191 e. The molecule has 2 aromatic carbocycles. The monoisotopic (exact) mass is 531 g/mol. The number of hydrogen-bond donors (Lipinski definition) is 2. The number of aliphatic imine (C=N–C) groups is 1. The van der Waals surface area contributed by atoms with Crippen molar-refractivity contribution in [3.63, 3.8) is 0 Å². The van der Waals surface area contributed by atoms with Crippen LogP contribution in [0.1, 0.15) is 11.1 Å². The second-order valence-electron chi connectivity index (χ2n) is 5.97. The molecule has 2 aromatic rings. The van der Waals surface area contributed by atoms with Gasteiger partial charge < -0.3 is 34.3 Å². The lowest BCUT2D eigenvalue weighted by Gasteiger charge is -2.18. The van der Waals surface area contributed by atoms with Gasteiger partial charge in [-0.15, -0.1) is 24.0 Å². The van der Waals surface area contributed by atoms with Gasteiger partial charge in [-0.3, -0.25) is 4.99 Å². The molecule has 0 aromatic heterocycles. The highest BCUT2D eigenvalue weighted by molar-refractivity contribution is 14.0. The molecule has 2 rings (SSSR count). The molecule has 0 spiro atoms. The number of guanidine groups is 1. The molecule has 0 aliphatic heterocycles. The number of benzene rings is 2. The second-order valence-corrected chi connectivity index (χ2v) is 5.97. The van der Waals surface area contributed by atoms with Crippen LogP contribution in [0.3, 0.4) is 0 Å². The first-order chi connectivity index (χ1) is 14.1. The summed E-state index contributed by atoms with van der Waals surface area (Å²) >= 11 is 0. The van der Waals surface area contributed by atoms with Crippen LogP contribution in [0.2, 0.25) is 0 Å². The van der Waals surface area contributed by atoms with E-state index in [0.717, 1.165) is 22.6 Å². The minimum absolute atomic E-state index is 0. The Hall–Kier alpha value is -2.56. The third-order valence-electron chi connectivity index (χ3n) is 4.41. The number of nitrogens with zero attached hydrogens (tertiary/aromatic N) is 1. The Kier molecular flexibility index (Phi) is 10.9. The zero-order valence-corrected chi connectivity index (χ0v) is 20.5. The molecule has 0 aliphatic carbocycles. The van der Waals surface area contributed by atoms with Crippen LogP contribution in [-0.4, -0.2) is 48.6 Å². The quantitative estimate of drug-likeness (QED) is 0.292. The number of hydrogen-bond acceptors (Lipinski definition) is 6. The normalized spacial score (nSPS) is 10.5. The predicted molar refractivity (Wildman–Crippen MR) is 128 cm³/mol. The summed E-state index contributed by atoms with van der Waals surface area (Å²) in [4.78, 5) is 4.27. The highest BCUT2D eigenvalue weighted by Crippen LogP contribution is 2.33. The van der Waals surface area contributed by atoms with E-state index in [2.05, 4.69) is 15.6 Å². The minimum atomic E-state index is 0. The van der Waals surface area contributed by atoms with Gasteiger partial charge in [-0.1, -0.05) is 0 Å². The standard InChI is InChI=1S/C21H29N3O5.HI/c1-22-21(23-12-14-7-8-15(25-2)9-18(14)27-4)24-13-17-19(28-5)10-16(26-3)11-20(17)29-6;/h7-11H,12-13H2,1-6H3,(H2,22,23,24);1H. The van der Waals surface area contributed by atoms with Crippen molar-refractivity contribution in [2.45, 2.75) is 13.1 Å². The van der Waals surface area contributed by atoms with E-state index < -0.39 is 0 Å². The molecule has 30 heavy (non-hydrogen) atoms. The van der Waals surface area contributed by atoms with Crippen LogP contribution < -0.4 is 34.3 Å². The van der Waals surface area contributed by atoms with E-state index in [0.29, 0.717) is 36.3 Å². The summed E-state index contributed by atoms with van der Waals surface area (Å²) in [6.07, 6.45) is 0. The molecule has 9 heteroatoms. The van der Waals surface area contributed by atoms with Crippen LogP contribution >= 0.6 is 24.0 Å². The molecule has 0 saturated heterocycles. The third-order valence-corrected chi connectivity index (χ3v) is 4.41. The summed E-state index contributed by atoms with van der Waals surface area (Å²) in [5.74, 6) is 4.11. The number of methoxy groups -OCH3 is 5. The Morgan fingerprint density at radius 2 is 1.27 bits per heavy atom. The number of nitrogens with one attached hydrogen (secondary N) is 2. The molecule has 0 aliphatic rings. The van der Waals surface area contributed by atoms with E-state index in [1.54, 1.807) is 42.6 Å². The van der Waals surface area contributed by atoms with Crippen LogP contribution in [0.5, 0.6) is 28.7 Å². The third kappa shape index (κ3) is 6.48. The molecule has 0 saturated carbocycles. The lowest BCUT2D eigenvalue weighted by Crippen LogP contribution is -2.36. The second kappa shape index (κ2) is 12.9. The van der Waals surface area contributed by atoms with Gasteiger partial charge in [0, 0.05) is 37.4 Å². The smallest absolute Gasteiger partial charge is 0.191 e. The van der Waals surface area contributed by atoms with Gasteiger partial charge in [-0.2, -0.15) is 0 Å². The first-order valence-corrected chi connectivity index (χ1v) is 9.04. The number of ether oxygens (including phenoxy) is 5. The Balaban J connectivity index is 0.00000450. The van der Waals surface area contributed by atoms with E-state index in [1.165, 1.54) is 0 Å². The van der Waals surface area contributed by atoms with Gasteiger partial charge in [0.2, 0.25) is 0 Å². The van der Waals surface area contributed by atoms with Gasteiger partial charge in [0.15, 0.2) is 5.96 Å². The lowest BCUT2D eigenvalue weighted by molar-refractivity contribution is 0.368. The highest BCUT2D eigenvalue weighted by atomic mass is 127. The zero-order valence-electron chi connectivity index (χ0n) is 18.2. The molecule has 0 atom stereocenters. The Bertz CT molecular complexity index is 820. The molecule has 0 radical (unpaired) electrons. The van der Waals surface area contributed by atoms with E-state index in [4.69, 9.17) is 23.7 Å². The fraction of sp³-hybridized carbons (Fsp3) is 0.381. The van der Waals surface area contributed by atoms with Crippen LogP contribution in [0.4, 0.5) is 0 Å². The maximum atomic E-state index is 5.49. The molecule has 8 nitrogen and oxygen atoms in total. The van der Waals surface area contributed by atoms with Crippen molar-refractivity contribution >= 4 is 29.9 Å². The van der Waals surface area contributed by atoms with E-state index in [-0.39, 0.29) is 24.0 Å². The van der Waals surface area contributed by atoms with Crippen molar-refractivity contribution in [3.8, 4) is 28.7 Å². The molecule has 0 heterocycles. The fourth-order valence-electron chi connectivity index (χ4n) is 2.82. The molecular weight excluding hydrogens is 501 g/mol. The predicted octanol–water partition coefficient (Wildman–Crippen LogP) is 3.21. The van der Waals surface area contributed by atoms with E-state index in [9.17, 15) is 0 Å². The van der Waals surface area contributed by atoms with Crippen LogP contribution in [0.15, 0.2) is 35.3 Å². The van der Waals surface area contributed by atoms with Crippen molar-refractivity contribution in [1.29, 1.82) is 0 Å². The van der Waals surface area contributed by atoms with Gasteiger partial charge >= 0.3 is 0 Å². The summed E-state index contributed by atoms with van der Waals surface area (Å²) in [6, 6.07) is 9.33. The molecule has 0 fully saturated rings. The minimum Gasteiger partial charge on any atom is -0.497 e. The highest BCUT2D eigenvalue weighted by Gasteiger charge is 2.14. The van der Waals surface area contributed by atoms with Gasteiger partial charge in [0.05, 0.1) is 47.7 Å². The maximum absolute atomic E-state index is 5.49.